The summed E-state index contributed by atoms with van der Waals surface area (Å²) in [6.07, 6.45) is -0.0115. The molecule has 0 aromatic heterocycles. The first-order valence-electron chi connectivity index (χ1n) is 5.09. The van der Waals surface area contributed by atoms with E-state index in [2.05, 4.69) is 15.6 Å². The molecule has 0 spiro atoms. The predicted octanol–water partition coefficient (Wildman–Crippen LogP) is 0.762. The van der Waals surface area contributed by atoms with Gasteiger partial charge < -0.3 is 5.32 Å². The Bertz CT molecular complexity index is 452. The molecule has 0 radical (unpaired) electrons. The molecule has 0 saturated heterocycles. The number of amides is 2. The summed E-state index contributed by atoms with van der Waals surface area (Å²) in [7, 11) is 1.28. The quantitative estimate of drug-likeness (QED) is 0.766. The first kappa shape index (κ1) is 14.0. The lowest BCUT2D eigenvalue weighted by atomic mass is 10.2. The standard InChI is InChI=1S/C11H12F2N2O3/c1-18-15-10(16)4-5-14-11(17)8-3-2-7(12)6-9(8)13/h2-3,6H,4-5H2,1H3,(H,14,17)(H,15,16). The lowest BCUT2D eigenvalue weighted by molar-refractivity contribution is -0.131. The highest BCUT2D eigenvalue weighted by molar-refractivity contribution is 5.94. The van der Waals surface area contributed by atoms with Gasteiger partial charge in [0, 0.05) is 19.0 Å². The summed E-state index contributed by atoms with van der Waals surface area (Å²) in [4.78, 5) is 26.8. The van der Waals surface area contributed by atoms with Crippen LogP contribution in [0.2, 0.25) is 0 Å². The number of benzene rings is 1. The highest BCUT2D eigenvalue weighted by Gasteiger charge is 2.12. The van der Waals surface area contributed by atoms with Crippen LogP contribution in [0, 0.1) is 11.6 Å². The summed E-state index contributed by atoms with van der Waals surface area (Å²) < 4.78 is 25.8. The molecule has 0 atom stereocenters. The molecule has 0 fully saturated rings. The van der Waals surface area contributed by atoms with Gasteiger partial charge in [-0.25, -0.2) is 14.3 Å². The maximum atomic E-state index is 13.2. The predicted molar refractivity (Wildman–Crippen MR) is 58.5 cm³/mol. The molecule has 1 aromatic carbocycles. The van der Waals surface area contributed by atoms with Gasteiger partial charge in [-0.3, -0.25) is 14.4 Å². The average molecular weight is 258 g/mol. The minimum absolute atomic E-state index is 0.0115. The van der Waals surface area contributed by atoms with E-state index in [0.717, 1.165) is 12.1 Å². The smallest absolute Gasteiger partial charge is 0.254 e. The van der Waals surface area contributed by atoms with Gasteiger partial charge in [0.25, 0.3) is 5.91 Å². The van der Waals surface area contributed by atoms with Crippen LogP contribution in [0.15, 0.2) is 18.2 Å². The van der Waals surface area contributed by atoms with Gasteiger partial charge in [0.2, 0.25) is 5.91 Å². The lowest BCUT2D eigenvalue weighted by Crippen LogP contribution is -2.30. The Morgan fingerprint density at radius 1 is 1.33 bits per heavy atom. The molecule has 0 unspecified atom stereocenters. The van der Waals surface area contributed by atoms with Crippen LogP contribution in [-0.2, 0) is 9.63 Å². The van der Waals surface area contributed by atoms with Gasteiger partial charge in [-0.2, -0.15) is 0 Å². The molecule has 0 bridgehead atoms. The molecule has 0 saturated carbocycles. The third-order valence-corrected chi connectivity index (χ3v) is 2.03. The van der Waals surface area contributed by atoms with Gasteiger partial charge in [-0.1, -0.05) is 0 Å². The number of hydrogen-bond donors (Lipinski definition) is 2. The summed E-state index contributed by atoms with van der Waals surface area (Å²) in [6.45, 7) is 0.0187. The minimum Gasteiger partial charge on any atom is -0.351 e. The second-order valence-electron chi connectivity index (χ2n) is 3.36. The molecular formula is C11H12F2N2O3. The van der Waals surface area contributed by atoms with Crippen molar-refractivity contribution in [2.24, 2.45) is 0 Å². The Morgan fingerprint density at radius 2 is 2.06 bits per heavy atom. The zero-order chi connectivity index (χ0) is 13.5. The van der Waals surface area contributed by atoms with Gasteiger partial charge in [0.1, 0.15) is 11.6 Å². The summed E-state index contributed by atoms with van der Waals surface area (Å²) in [5.41, 5.74) is 1.79. The van der Waals surface area contributed by atoms with Crippen molar-refractivity contribution in [1.29, 1.82) is 0 Å². The van der Waals surface area contributed by atoms with Gasteiger partial charge in [0.05, 0.1) is 12.7 Å². The van der Waals surface area contributed by atoms with Crippen LogP contribution in [0.5, 0.6) is 0 Å². The number of hydroxylamine groups is 1. The molecule has 1 aromatic rings. The van der Waals surface area contributed by atoms with Crippen molar-refractivity contribution >= 4 is 11.8 Å². The molecule has 0 aliphatic rings. The van der Waals surface area contributed by atoms with Crippen LogP contribution in [0.25, 0.3) is 0 Å². The minimum atomic E-state index is -0.950. The first-order valence-corrected chi connectivity index (χ1v) is 5.09. The largest absolute Gasteiger partial charge is 0.351 e. The normalized spacial score (nSPS) is 9.94. The topological polar surface area (TPSA) is 67.4 Å². The maximum absolute atomic E-state index is 13.2. The van der Waals surface area contributed by atoms with E-state index >= 15 is 0 Å². The van der Waals surface area contributed by atoms with E-state index < -0.39 is 23.4 Å². The number of carbonyl (C=O) groups excluding carboxylic acids is 2. The molecule has 18 heavy (non-hydrogen) atoms. The van der Waals surface area contributed by atoms with Crippen molar-refractivity contribution < 1.29 is 23.2 Å². The fraction of sp³-hybridized carbons (Fsp3) is 0.273. The van der Waals surface area contributed by atoms with Gasteiger partial charge in [-0.05, 0) is 12.1 Å². The molecule has 1 rings (SSSR count). The highest BCUT2D eigenvalue weighted by Crippen LogP contribution is 2.09. The van der Waals surface area contributed by atoms with E-state index in [1.54, 1.807) is 0 Å². The van der Waals surface area contributed by atoms with Gasteiger partial charge >= 0.3 is 0 Å². The molecular weight excluding hydrogens is 246 g/mol. The van der Waals surface area contributed by atoms with Crippen molar-refractivity contribution in [3.05, 3.63) is 35.4 Å². The second kappa shape index (κ2) is 6.65. The van der Waals surface area contributed by atoms with E-state index in [1.807, 2.05) is 0 Å². The Hall–Kier alpha value is -2.02. The molecule has 98 valence electrons. The van der Waals surface area contributed by atoms with Crippen LogP contribution in [0.3, 0.4) is 0 Å². The maximum Gasteiger partial charge on any atom is 0.254 e. The summed E-state index contributed by atoms with van der Waals surface area (Å²) in [5.74, 6) is -2.84. The molecule has 7 heteroatoms. The molecule has 2 amide bonds. The zero-order valence-electron chi connectivity index (χ0n) is 9.63. The summed E-state index contributed by atoms with van der Waals surface area (Å²) in [5, 5.41) is 2.33. The molecule has 0 heterocycles. The van der Waals surface area contributed by atoms with Crippen molar-refractivity contribution in [2.45, 2.75) is 6.42 Å². The fourth-order valence-electron chi connectivity index (χ4n) is 1.22. The number of nitrogens with one attached hydrogen (secondary N) is 2. The van der Waals surface area contributed by atoms with Crippen LogP contribution >= 0.6 is 0 Å². The average Bonchev–Trinajstić information content (AvgIpc) is 2.29. The molecule has 2 N–H and O–H groups in total. The van der Waals surface area contributed by atoms with E-state index in [9.17, 15) is 18.4 Å². The third kappa shape index (κ3) is 4.10. The van der Waals surface area contributed by atoms with Crippen LogP contribution in [0.1, 0.15) is 16.8 Å². The van der Waals surface area contributed by atoms with E-state index in [4.69, 9.17) is 0 Å². The van der Waals surface area contributed by atoms with Crippen molar-refractivity contribution in [3.8, 4) is 0 Å². The third-order valence-electron chi connectivity index (χ3n) is 2.03. The Morgan fingerprint density at radius 3 is 2.67 bits per heavy atom. The zero-order valence-corrected chi connectivity index (χ0v) is 9.63. The summed E-state index contributed by atoms with van der Waals surface area (Å²) in [6, 6.07) is 2.64. The van der Waals surface area contributed by atoms with Crippen molar-refractivity contribution in [2.75, 3.05) is 13.7 Å². The molecule has 0 aliphatic carbocycles. The number of hydrogen-bond acceptors (Lipinski definition) is 3. The Balaban J connectivity index is 2.48. The van der Waals surface area contributed by atoms with Crippen molar-refractivity contribution in [3.63, 3.8) is 0 Å². The Kier molecular flexibility index (Phi) is 5.19. The SMILES string of the molecule is CONC(=O)CCNC(=O)c1ccc(F)cc1F. The van der Waals surface area contributed by atoms with Crippen LogP contribution in [-0.4, -0.2) is 25.5 Å². The number of halogens is 2. The van der Waals surface area contributed by atoms with E-state index in [0.29, 0.717) is 6.07 Å². The lowest BCUT2D eigenvalue weighted by Gasteiger charge is -2.06. The summed E-state index contributed by atoms with van der Waals surface area (Å²) >= 11 is 0. The van der Waals surface area contributed by atoms with Gasteiger partial charge in [-0.15, -0.1) is 0 Å². The fourth-order valence-corrected chi connectivity index (χ4v) is 1.22. The number of carbonyl (C=O) groups is 2. The monoisotopic (exact) mass is 258 g/mol. The second-order valence-corrected chi connectivity index (χ2v) is 3.36. The molecule has 5 nitrogen and oxygen atoms in total. The van der Waals surface area contributed by atoms with E-state index in [1.165, 1.54) is 7.11 Å². The van der Waals surface area contributed by atoms with E-state index in [-0.39, 0.29) is 18.5 Å². The first-order chi connectivity index (χ1) is 8.54. The number of rotatable bonds is 5. The Labute approximate surface area is 102 Å². The molecule has 0 aliphatic heterocycles. The highest BCUT2D eigenvalue weighted by atomic mass is 19.1. The van der Waals surface area contributed by atoms with Crippen LogP contribution < -0.4 is 10.8 Å². The van der Waals surface area contributed by atoms with Crippen LogP contribution in [0.4, 0.5) is 8.78 Å². The van der Waals surface area contributed by atoms with Crippen molar-refractivity contribution in [1.82, 2.24) is 10.8 Å². The van der Waals surface area contributed by atoms with Gasteiger partial charge in [0.15, 0.2) is 0 Å².